The number of rotatable bonds is 5. The number of fused-ring (bicyclic) bond motifs is 5. The summed E-state index contributed by atoms with van der Waals surface area (Å²) in [6, 6.07) is 17.9. The summed E-state index contributed by atoms with van der Waals surface area (Å²) in [5, 5.41) is 10.6. The molecule has 0 amide bonds. The fraction of sp³-hybridized carbons (Fsp3) is 0.240. The molecular weight excluding hydrogens is 452 g/mol. The molecule has 8 heteroatoms. The lowest BCUT2D eigenvalue weighted by molar-refractivity contribution is 0.414. The summed E-state index contributed by atoms with van der Waals surface area (Å²) in [6.45, 7) is 0. The third kappa shape index (κ3) is 3.45. The van der Waals surface area contributed by atoms with E-state index in [0.717, 1.165) is 51.8 Å². The van der Waals surface area contributed by atoms with Crippen molar-refractivity contribution in [1.29, 1.82) is 0 Å². The van der Waals surface area contributed by atoms with Gasteiger partial charge in [-0.15, -0.1) is 21.5 Å². The molecule has 0 N–H and O–H groups in total. The van der Waals surface area contributed by atoms with Crippen molar-refractivity contribution in [2.45, 2.75) is 36.6 Å². The van der Waals surface area contributed by atoms with Crippen LogP contribution in [0.15, 0.2) is 64.5 Å². The normalized spacial score (nSPS) is 13.5. The van der Waals surface area contributed by atoms with Gasteiger partial charge in [-0.1, -0.05) is 42.1 Å². The van der Waals surface area contributed by atoms with Crippen molar-refractivity contribution in [1.82, 2.24) is 19.2 Å². The minimum atomic E-state index is -0.0194. The van der Waals surface area contributed by atoms with Gasteiger partial charge >= 0.3 is 0 Å². The maximum absolute atomic E-state index is 13.9. The van der Waals surface area contributed by atoms with Crippen molar-refractivity contribution in [2.24, 2.45) is 0 Å². The van der Waals surface area contributed by atoms with Gasteiger partial charge in [-0.25, -0.2) is 8.97 Å². The fourth-order valence-electron chi connectivity index (χ4n) is 4.50. The zero-order valence-corrected chi connectivity index (χ0v) is 19.8. The van der Waals surface area contributed by atoms with Crippen LogP contribution in [0.2, 0.25) is 0 Å². The Morgan fingerprint density at radius 2 is 1.82 bits per heavy atom. The molecule has 0 fully saturated rings. The first kappa shape index (κ1) is 20.5. The number of thiophene rings is 1. The lowest BCUT2D eigenvalue weighted by atomic mass is 9.97. The van der Waals surface area contributed by atoms with Gasteiger partial charge in [0.2, 0.25) is 5.78 Å². The minimum absolute atomic E-state index is 0.0194. The van der Waals surface area contributed by atoms with E-state index in [1.54, 1.807) is 34.8 Å². The maximum Gasteiger partial charge on any atom is 0.268 e. The van der Waals surface area contributed by atoms with E-state index in [4.69, 9.17) is 4.74 Å². The number of hydrogen-bond donors (Lipinski definition) is 0. The highest BCUT2D eigenvalue weighted by Crippen LogP contribution is 2.37. The summed E-state index contributed by atoms with van der Waals surface area (Å²) < 4.78 is 9.09. The number of aromatic nitrogens is 4. The molecule has 5 aromatic rings. The molecule has 3 heterocycles. The summed E-state index contributed by atoms with van der Waals surface area (Å²) >= 11 is 3.38. The van der Waals surface area contributed by atoms with Crippen LogP contribution in [-0.2, 0) is 18.6 Å². The smallest absolute Gasteiger partial charge is 0.268 e. The molecule has 0 aliphatic heterocycles. The molecule has 0 spiro atoms. The van der Waals surface area contributed by atoms with Crippen molar-refractivity contribution in [3.05, 3.63) is 81.0 Å². The lowest BCUT2D eigenvalue weighted by Gasteiger charge is -2.12. The van der Waals surface area contributed by atoms with Crippen LogP contribution in [-0.4, -0.2) is 26.3 Å². The molecule has 166 valence electrons. The van der Waals surface area contributed by atoms with E-state index in [1.165, 1.54) is 22.4 Å². The topological polar surface area (TPSA) is 61.4 Å². The second kappa shape index (κ2) is 8.35. The highest BCUT2D eigenvalue weighted by Gasteiger charge is 2.25. The molecule has 0 saturated heterocycles. The number of thioether (sulfide) groups is 1. The van der Waals surface area contributed by atoms with Gasteiger partial charge in [0, 0.05) is 10.6 Å². The predicted octanol–water partition coefficient (Wildman–Crippen LogP) is 5.27. The number of benzene rings is 2. The Kier molecular flexibility index (Phi) is 5.19. The Balaban J connectivity index is 1.59. The van der Waals surface area contributed by atoms with Crippen molar-refractivity contribution in [3.8, 4) is 11.4 Å². The van der Waals surface area contributed by atoms with Crippen LogP contribution in [0.3, 0.4) is 0 Å². The molecule has 0 atom stereocenters. The van der Waals surface area contributed by atoms with Gasteiger partial charge in [0.25, 0.3) is 5.56 Å². The Labute approximate surface area is 198 Å². The fourth-order valence-corrected chi connectivity index (χ4v) is 6.82. The van der Waals surface area contributed by atoms with Crippen LogP contribution in [0.4, 0.5) is 0 Å². The largest absolute Gasteiger partial charge is 0.497 e. The summed E-state index contributed by atoms with van der Waals surface area (Å²) in [5.74, 6) is 2.08. The van der Waals surface area contributed by atoms with Crippen molar-refractivity contribution in [2.75, 3.05) is 7.11 Å². The van der Waals surface area contributed by atoms with Crippen LogP contribution in [0.1, 0.15) is 28.8 Å². The third-order valence-electron chi connectivity index (χ3n) is 6.13. The molecule has 6 rings (SSSR count). The summed E-state index contributed by atoms with van der Waals surface area (Å²) in [6.07, 6.45) is 4.28. The van der Waals surface area contributed by atoms with E-state index in [9.17, 15) is 4.79 Å². The third-order valence-corrected chi connectivity index (χ3v) is 8.41. The van der Waals surface area contributed by atoms with Gasteiger partial charge in [-0.2, -0.15) is 0 Å². The Hall–Kier alpha value is -3.10. The number of methoxy groups -OCH3 is 1. The second-order valence-electron chi connectivity index (χ2n) is 8.12. The summed E-state index contributed by atoms with van der Waals surface area (Å²) in [4.78, 5) is 16.2. The van der Waals surface area contributed by atoms with Gasteiger partial charge in [0.15, 0.2) is 5.16 Å². The van der Waals surface area contributed by atoms with Gasteiger partial charge < -0.3 is 4.74 Å². The predicted molar refractivity (Wildman–Crippen MR) is 133 cm³/mol. The standard InChI is InChI=1S/C25H22N4O2S2/c1-31-18-13-11-17(12-14-18)28-22(30)21-19-9-5-6-10-20(19)33-23(21)29-24(28)26-27-25(29)32-15-16-7-3-2-4-8-16/h2-4,7-8,11-14H,5-6,9-10,15H2,1H3. The lowest BCUT2D eigenvalue weighted by Crippen LogP contribution is -2.22. The van der Waals surface area contributed by atoms with Crippen LogP contribution in [0, 0.1) is 0 Å². The van der Waals surface area contributed by atoms with E-state index >= 15 is 0 Å². The first-order chi connectivity index (χ1) is 16.2. The SMILES string of the molecule is COc1ccc(-n2c(=O)c3c4c(sc3n3c(SCc5ccccc5)nnc23)CCCC4)cc1. The molecule has 33 heavy (non-hydrogen) atoms. The average Bonchev–Trinajstić information content (AvgIpc) is 3.45. The zero-order chi connectivity index (χ0) is 22.4. The summed E-state index contributed by atoms with van der Waals surface area (Å²) in [5.41, 5.74) is 3.18. The number of aryl methyl sites for hydroxylation is 2. The van der Waals surface area contributed by atoms with E-state index in [1.807, 2.05) is 42.5 Å². The van der Waals surface area contributed by atoms with Crippen molar-refractivity contribution in [3.63, 3.8) is 0 Å². The Morgan fingerprint density at radius 1 is 1.03 bits per heavy atom. The van der Waals surface area contributed by atoms with E-state index in [2.05, 4.69) is 26.7 Å². The van der Waals surface area contributed by atoms with Gasteiger partial charge in [0.1, 0.15) is 10.6 Å². The molecule has 0 bridgehead atoms. The number of ether oxygens (including phenoxy) is 1. The molecule has 0 saturated carbocycles. The van der Waals surface area contributed by atoms with Crippen LogP contribution in [0.5, 0.6) is 5.75 Å². The van der Waals surface area contributed by atoms with Crippen LogP contribution >= 0.6 is 23.1 Å². The van der Waals surface area contributed by atoms with Crippen molar-refractivity contribution >= 4 is 39.1 Å². The van der Waals surface area contributed by atoms with Gasteiger partial charge in [-0.05, 0) is 61.1 Å². The average molecular weight is 475 g/mol. The molecule has 1 aliphatic carbocycles. The zero-order valence-electron chi connectivity index (χ0n) is 18.2. The molecule has 0 unspecified atom stereocenters. The number of nitrogens with zero attached hydrogens (tertiary/aromatic N) is 4. The van der Waals surface area contributed by atoms with Crippen LogP contribution < -0.4 is 10.3 Å². The molecular formula is C25H22N4O2S2. The monoisotopic (exact) mass is 474 g/mol. The molecule has 1 aliphatic rings. The van der Waals surface area contributed by atoms with Crippen molar-refractivity contribution < 1.29 is 4.74 Å². The first-order valence-corrected chi connectivity index (χ1v) is 12.8. The van der Waals surface area contributed by atoms with E-state index in [0.29, 0.717) is 5.78 Å². The summed E-state index contributed by atoms with van der Waals surface area (Å²) in [7, 11) is 1.64. The minimum Gasteiger partial charge on any atom is -0.497 e. The Bertz CT molecular complexity index is 1520. The Morgan fingerprint density at radius 3 is 2.61 bits per heavy atom. The molecule has 6 nitrogen and oxygen atoms in total. The highest BCUT2D eigenvalue weighted by atomic mass is 32.2. The maximum atomic E-state index is 13.9. The molecule has 0 radical (unpaired) electrons. The van der Waals surface area contributed by atoms with Gasteiger partial charge in [-0.3, -0.25) is 4.79 Å². The van der Waals surface area contributed by atoms with Gasteiger partial charge in [0.05, 0.1) is 18.2 Å². The number of hydrogen-bond acceptors (Lipinski definition) is 6. The highest BCUT2D eigenvalue weighted by molar-refractivity contribution is 7.98. The molecule has 3 aromatic heterocycles. The van der Waals surface area contributed by atoms with Crippen LogP contribution in [0.25, 0.3) is 21.7 Å². The van der Waals surface area contributed by atoms with E-state index < -0.39 is 0 Å². The quantitative estimate of drug-likeness (QED) is 0.325. The first-order valence-electron chi connectivity index (χ1n) is 11.0. The second-order valence-corrected chi connectivity index (χ2v) is 10.1. The van der Waals surface area contributed by atoms with E-state index in [-0.39, 0.29) is 5.56 Å². The molecule has 2 aromatic carbocycles.